The van der Waals surface area contributed by atoms with Gasteiger partial charge in [0.15, 0.2) is 0 Å². The van der Waals surface area contributed by atoms with Gasteiger partial charge in [0, 0.05) is 20.4 Å². The lowest BCUT2D eigenvalue weighted by Gasteiger charge is -2.08. The topological polar surface area (TPSA) is 35.2 Å². The van der Waals surface area contributed by atoms with Crippen molar-refractivity contribution in [3.63, 3.8) is 0 Å². The van der Waals surface area contributed by atoms with Crippen LogP contribution in [-0.4, -0.2) is 0 Å². The van der Waals surface area contributed by atoms with Crippen molar-refractivity contribution >= 4 is 33.0 Å². The molecule has 0 saturated heterocycles. The smallest absolute Gasteiger partial charge is 0.122 e. The Balaban J connectivity index is 2.04. The summed E-state index contributed by atoms with van der Waals surface area (Å²) in [4.78, 5) is 1.20. The number of nitrogen functional groups attached to an aromatic ring is 1. The Hall–Kier alpha value is -1.000. The number of hydrogen-bond donors (Lipinski definition) is 1. The lowest BCUT2D eigenvalue weighted by molar-refractivity contribution is 0.307. The molecule has 0 aliphatic rings. The molecule has 0 aliphatic carbocycles. The minimum atomic E-state index is 0.598. The predicted octanol–water partition coefficient (Wildman–Crippen LogP) is 3.98. The molecule has 0 radical (unpaired) electrons. The number of rotatable bonds is 3. The van der Waals surface area contributed by atoms with Crippen LogP contribution < -0.4 is 10.5 Å². The molecule has 1 heterocycles. The minimum Gasteiger partial charge on any atom is -0.488 e. The first-order valence-electron chi connectivity index (χ1n) is 4.87. The minimum absolute atomic E-state index is 0.598. The van der Waals surface area contributed by atoms with Crippen LogP contribution in [0.25, 0.3) is 0 Å². The summed E-state index contributed by atoms with van der Waals surface area (Å²) < 4.78 is 6.83. The second-order valence-electron chi connectivity index (χ2n) is 3.54. The quantitative estimate of drug-likeness (QED) is 0.870. The molecule has 2 nitrogen and oxygen atoms in total. The van der Waals surface area contributed by atoms with Crippen molar-refractivity contribution in [3.8, 4) is 5.75 Å². The lowest BCUT2D eigenvalue weighted by atomic mass is 10.2. The molecule has 0 bridgehead atoms. The van der Waals surface area contributed by atoms with E-state index in [1.54, 1.807) is 11.3 Å². The fraction of sp³-hybridized carbons (Fsp3) is 0.167. The zero-order valence-electron chi connectivity index (χ0n) is 8.87. The molecule has 0 aliphatic heterocycles. The molecule has 0 spiro atoms. The lowest BCUT2D eigenvalue weighted by Crippen LogP contribution is -1.95. The van der Waals surface area contributed by atoms with Crippen molar-refractivity contribution < 1.29 is 4.74 Å². The van der Waals surface area contributed by atoms with E-state index >= 15 is 0 Å². The van der Waals surface area contributed by atoms with E-state index in [4.69, 9.17) is 10.5 Å². The van der Waals surface area contributed by atoms with Gasteiger partial charge in [-0.05, 0) is 52.7 Å². The van der Waals surface area contributed by atoms with E-state index < -0.39 is 0 Å². The van der Waals surface area contributed by atoms with Crippen LogP contribution in [0.4, 0.5) is 5.69 Å². The second-order valence-corrected chi connectivity index (χ2v) is 5.46. The van der Waals surface area contributed by atoms with Crippen LogP contribution in [0.2, 0.25) is 0 Å². The number of halogens is 1. The van der Waals surface area contributed by atoms with Crippen molar-refractivity contribution in [2.45, 2.75) is 13.5 Å². The van der Waals surface area contributed by atoms with Crippen molar-refractivity contribution in [2.24, 2.45) is 0 Å². The van der Waals surface area contributed by atoms with Crippen LogP contribution in [0.3, 0.4) is 0 Å². The molecular weight excluding hydrogens is 286 g/mol. The molecule has 16 heavy (non-hydrogen) atoms. The molecule has 1 aromatic heterocycles. The third kappa shape index (κ3) is 2.77. The SMILES string of the molecule is Cc1cc(N)ccc1OCc1cc(Br)cs1. The number of ether oxygens (including phenoxy) is 1. The summed E-state index contributed by atoms with van der Waals surface area (Å²) in [5, 5.41) is 2.05. The Morgan fingerprint density at radius 3 is 2.81 bits per heavy atom. The van der Waals surface area contributed by atoms with E-state index in [0.717, 1.165) is 21.5 Å². The molecular formula is C12H12BrNOS. The summed E-state index contributed by atoms with van der Waals surface area (Å²) in [6, 6.07) is 7.75. The van der Waals surface area contributed by atoms with Crippen molar-refractivity contribution in [2.75, 3.05) is 5.73 Å². The zero-order valence-corrected chi connectivity index (χ0v) is 11.3. The van der Waals surface area contributed by atoms with Gasteiger partial charge < -0.3 is 10.5 Å². The number of aryl methyl sites for hydroxylation is 1. The first kappa shape index (κ1) is 11.5. The van der Waals surface area contributed by atoms with E-state index in [0.29, 0.717) is 6.61 Å². The molecule has 2 aromatic rings. The molecule has 4 heteroatoms. The molecule has 0 atom stereocenters. The molecule has 0 fully saturated rings. The van der Waals surface area contributed by atoms with Crippen LogP contribution in [0.15, 0.2) is 34.1 Å². The summed E-state index contributed by atoms with van der Waals surface area (Å²) in [5.41, 5.74) is 7.51. The van der Waals surface area contributed by atoms with Crippen LogP contribution in [0.1, 0.15) is 10.4 Å². The fourth-order valence-corrected chi connectivity index (χ4v) is 2.78. The van der Waals surface area contributed by atoms with Gasteiger partial charge in [-0.3, -0.25) is 0 Å². The van der Waals surface area contributed by atoms with Gasteiger partial charge in [-0.2, -0.15) is 0 Å². The molecule has 0 unspecified atom stereocenters. The Labute approximate surface area is 107 Å². The maximum atomic E-state index is 5.73. The molecule has 0 amide bonds. The predicted molar refractivity (Wildman–Crippen MR) is 71.9 cm³/mol. The molecule has 2 rings (SSSR count). The average molecular weight is 298 g/mol. The van der Waals surface area contributed by atoms with Gasteiger partial charge in [0.25, 0.3) is 0 Å². The van der Waals surface area contributed by atoms with Gasteiger partial charge in [0.05, 0.1) is 0 Å². The summed E-state index contributed by atoms with van der Waals surface area (Å²) in [7, 11) is 0. The number of anilines is 1. The zero-order chi connectivity index (χ0) is 11.5. The van der Waals surface area contributed by atoms with Crippen LogP contribution in [-0.2, 0) is 6.61 Å². The Kier molecular flexibility index (Phi) is 3.51. The second kappa shape index (κ2) is 4.89. The molecule has 1 aromatic carbocycles. The largest absolute Gasteiger partial charge is 0.488 e. The van der Waals surface area contributed by atoms with Crippen LogP contribution in [0, 0.1) is 6.92 Å². The van der Waals surface area contributed by atoms with Crippen LogP contribution >= 0.6 is 27.3 Å². The van der Waals surface area contributed by atoms with Gasteiger partial charge >= 0.3 is 0 Å². The number of nitrogens with two attached hydrogens (primary N) is 1. The maximum absolute atomic E-state index is 5.73. The Bertz CT molecular complexity index is 496. The molecule has 0 saturated carbocycles. The summed E-state index contributed by atoms with van der Waals surface area (Å²) in [6.45, 7) is 2.59. The normalized spacial score (nSPS) is 10.4. The van der Waals surface area contributed by atoms with E-state index in [1.807, 2.05) is 25.1 Å². The third-order valence-electron chi connectivity index (χ3n) is 2.19. The summed E-state index contributed by atoms with van der Waals surface area (Å²) in [6.07, 6.45) is 0. The van der Waals surface area contributed by atoms with Crippen molar-refractivity contribution in [3.05, 3.63) is 44.6 Å². The number of thiophene rings is 1. The van der Waals surface area contributed by atoms with E-state index in [2.05, 4.69) is 27.4 Å². The number of benzene rings is 1. The fourth-order valence-electron chi connectivity index (χ4n) is 1.41. The van der Waals surface area contributed by atoms with Crippen LogP contribution in [0.5, 0.6) is 5.75 Å². The highest BCUT2D eigenvalue weighted by Gasteiger charge is 2.02. The summed E-state index contributed by atoms with van der Waals surface area (Å²) >= 11 is 5.10. The first-order chi connectivity index (χ1) is 7.65. The highest BCUT2D eigenvalue weighted by molar-refractivity contribution is 9.10. The Morgan fingerprint density at radius 2 is 2.19 bits per heavy atom. The standard InChI is InChI=1S/C12H12BrNOS/c1-8-4-10(14)2-3-12(8)15-6-11-5-9(13)7-16-11/h2-5,7H,6,14H2,1H3. The number of hydrogen-bond acceptors (Lipinski definition) is 3. The highest BCUT2D eigenvalue weighted by Crippen LogP contribution is 2.24. The first-order valence-corrected chi connectivity index (χ1v) is 6.54. The Morgan fingerprint density at radius 1 is 1.38 bits per heavy atom. The van der Waals surface area contributed by atoms with Crippen molar-refractivity contribution in [1.82, 2.24) is 0 Å². The molecule has 84 valence electrons. The maximum Gasteiger partial charge on any atom is 0.122 e. The van der Waals surface area contributed by atoms with Gasteiger partial charge in [0.1, 0.15) is 12.4 Å². The van der Waals surface area contributed by atoms with Gasteiger partial charge in [-0.15, -0.1) is 11.3 Å². The third-order valence-corrected chi connectivity index (χ3v) is 3.86. The van der Waals surface area contributed by atoms with Crippen molar-refractivity contribution in [1.29, 1.82) is 0 Å². The monoisotopic (exact) mass is 297 g/mol. The highest BCUT2D eigenvalue weighted by atomic mass is 79.9. The van der Waals surface area contributed by atoms with Gasteiger partial charge in [-0.1, -0.05) is 0 Å². The molecule has 2 N–H and O–H groups in total. The van der Waals surface area contributed by atoms with Gasteiger partial charge in [-0.25, -0.2) is 0 Å². The average Bonchev–Trinajstić information content (AvgIpc) is 2.63. The summed E-state index contributed by atoms with van der Waals surface area (Å²) in [5.74, 6) is 0.888. The van der Waals surface area contributed by atoms with E-state index in [-0.39, 0.29) is 0 Å². The van der Waals surface area contributed by atoms with Gasteiger partial charge in [0.2, 0.25) is 0 Å². The van der Waals surface area contributed by atoms with E-state index in [9.17, 15) is 0 Å². The van der Waals surface area contributed by atoms with E-state index in [1.165, 1.54) is 4.88 Å².